The lowest BCUT2D eigenvalue weighted by atomic mass is 9.84. The van der Waals surface area contributed by atoms with E-state index in [2.05, 4.69) is 30.1 Å². The number of hydrogen-bond acceptors (Lipinski definition) is 18. The average Bonchev–Trinajstić information content (AvgIpc) is 3.61. The molecule has 3 saturated heterocycles. The van der Waals surface area contributed by atoms with Crippen molar-refractivity contribution in [1.82, 2.24) is 4.90 Å². The second-order valence-electron chi connectivity index (χ2n) is 16.3. The number of hydrogen-bond donors (Lipinski definition) is 5. The quantitative estimate of drug-likeness (QED) is 0.0621. The van der Waals surface area contributed by atoms with Gasteiger partial charge in [0.15, 0.2) is 25.0 Å². The Balaban J connectivity index is 1.24. The lowest BCUT2D eigenvalue weighted by Crippen LogP contribution is -2.61. The summed E-state index contributed by atoms with van der Waals surface area (Å²) in [5, 5.41) is 65.9. The highest BCUT2D eigenvalue weighted by Crippen LogP contribution is 2.38. The average molecular weight is 927 g/mol. The highest BCUT2D eigenvalue weighted by Gasteiger charge is 2.54. The Hall–Kier alpha value is -5.33. The van der Waals surface area contributed by atoms with Gasteiger partial charge in [-0.15, -0.1) is 0 Å². The van der Waals surface area contributed by atoms with Crippen LogP contribution in [-0.2, 0) is 55.8 Å². The van der Waals surface area contributed by atoms with Crippen LogP contribution in [0.15, 0.2) is 76.0 Å². The minimum absolute atomic E-state index is 0.00515. The van der Waals surface area contributed by atoms with Gasteiger partial charge in [-0.1, -0.05) is 82.9 Å². The fraction of sp³-hybridized carbons (Fsp3) is 0.659. The number of nitrogens with zero attached hydrogens (tertiary/aromatic N) is 10. The first-order chi connectivity index (χ1) is 31.8. The summed E-state index contributed by atoms with van der Waals surface area (Å²) in [5.41, 5.74) is 29.5. The minimum atomic E-state index is -1.76. The fourth-order valence-corrected chi connectivity index (χ4v) is 8.41. The van der Waals surface area contributed by atoms with Crippen molar-refractivity contribution in [1.29, 1.82) is 0 Å². The maximum atomic E-state index is 13.7. The number of benzene rings is 2. The molecule has 25 nitrogen and oxygen atoms in total. The first-order valence-electron chi connectivity index (χ1n) is 21.4. The Bertz CT molecular complexity index is 2050. The normalized spacial score (nSPS) is 35.3. The molecule has 1 saturated carbocycles. The van der Waals surface area contributed by atoms with Gasteiger partial charge < -0.3 is 68.3 Å². The van der Waals surface area contributed by atoms with E-state index in [-0.39, 0.29) is 45.5 Å². The summed E-state index contributed by atoms with van der Waals surface area (Å²) in [6.45, 7) is 1.72. The topological polar surface area (TPSA) is 359 Å². The highest BCUT2D eigenvalue weighted by atomic mass is 16.8. The van der Waals surface area contributed by atoms with E-state index in [0.717, 1.165) is 11.1 Å². The number of azide groups is 3. The molecule has 1 aliphatic carbocycles. The van der Waals surface area contributed by atoms with Gasteiger partial charge in [-0.2, -0.15) is 0 Å². The number of carbonyl (C=O) groups excluding carboxylic acids is 2. The van der Waals surface area contributed by atoms with E-state index in [1.807, 2.05) is 60.7 Å². The largest absolute Gasteiger partial charge is 0.457 e. The number of carbonyl (C=O) groups is 2. The molecule has 358 valence electrons. The lowest BCUT2D eigenvalue weighted by molar-refractivity contribution is -0.305. The number of amides is 1. The number of esters is 1. The highest BCUT2D eigenvalue weighted by molar-refractivity contribution is 5.68. The molecule has 0 radical (unpaired) electrons. The summed E-state index contributed by atoms with van der Waals surface area (Å²) in [6.07, 6.45) is -20.2. The molecule has 1 amide bonds. The van der Waals surface area contributed by atoms with E-state index in [0.29, 0.717) is 0 Å². The predicted molar refractivity (Wildman–Crippen MR) is 224 cm³/mol. The van der Waals surface area contributed by atoms with E-state index < -0.39 is 123 Å². The molecule has 0 unspecified atom stereocenters. The van der Waals surface area contributed by atoms with E-state index >= 15 is 0 Å². The van der Waals surface area contributed by atoms with Gasteiger partial charge in [0.1, 0.15) is 37.1 Å². The second kappa shape index (κ2) is 23.9. The molecule has 2 aromatic carbocycles. The van der Waals surface area contributed by atoms with E-state index in [1.165, 1.54) is 18.7 Å². The molecule has 4 fully saturated rings. The van der Waals surface area contributed by atoms with E-state index in [1.54, 1.807) is 0 Å². The standard InChI is InChI=1S/C41H54N10O15/c1-21-31(54)33(56)29(16-45-48-42)62-38(21)65-36-30(19-52)63-40(34(36)57)66-37-32(55)26(46-49-43)15-27(47-50-44)35(37)64-39-28(60-22(2)53)14-13-25(61-39)18-51(17-23-9-5-3-6-10-23)41(58)59-20-24-11-7-4-8-12-24/h3-12,21,25-40,52,54-57H,13-20H2,1-2H3/t21-,25+,26-,27+,28-,29+,30-,31-,32+,33-,34-,35-,36-,37-,38-,39-,40+/m1/s1. The number of aliphatic hydroxyl groups is 5. The van der Waals surface area contributed by atoms with Crippen molar-refractivity contribution < 1.29 is 73.0 Å². The zero-order valence-corrected chi connectivity index (χ0v) is 36.0. The van der Waals surface area contributed by atoms with Crippen LogP contribution in [0.2, 0.25) is 0 Å². The van der Waals surface area contributed by atoms with Crippen molar-refractivity contribution in [3.05, 3.63) is 103 Å². The molecule has 0 spiro atoms. The van der Waals surface area contributed by atoms with Crippen LogP contribution < -0.4 is 0 Å². The van der Waals surface area contributed by atoms with Crippen molar-refractivity contribution in [2.75, 3.05) is 19.7 Å². The maximum Gasteiger partial charge on any atom is 0.410 e. The van der Waals surface area contributed by atoms with Crippen LogP contribution in [0.4, 0.5) is 4.79 Å². The van der Waals surface area contributed by atoms with Gasteiger partial charge in [0.05, 0.1) is 62.3 Å². The number of aliphatic hydroxyl groups excluding tert-OH is 5. The van der Waals surface area contributed by atoms with Crippen LogP contribution in [0.5, 0.6) is 0 Å². The molecular weight excluding hydrogens is 873 g/mol. The molecule has 17 atom stereocenters. The molecule has 4 aliphatic rings. The van der Waals surface area contributed by atoms with Gasteiger partial charge in [0.25, 0.3) is 0 Å². The first-order valence-corrected chi connectivity index (χ1v) is 21.4. The van der Waals surface area contributed by atoms with Crippen LogP contribution >= 0.6 is 0 Å². The van der Waals surface area contributed by atoms with Crippen molar-refractivity contribution in [2.45, 2.75) is 144 Å². The smallest absolute Gasteiger partial charge is 0.410 e. The Labute approximate surface area is 377 Å². The van der Waals surface area contributed by atoms with Gasteiger partial charge >= 0.3 is 12.1 Å². The predicted octanol–water partition coefficient (Wildman–Crippen LogP) is 3.01. The molecule has 2 aromatic rings. The zero-order valence-electron chi connectivity index (χ0n) is 36.0. The summed E-state index contributed by atoms with van der Waals surface area (Å²) in [6, 6.07) is 15.8. The first kappa shape index (κ1) is 50.1. The van der Waals surface area contributed by atoms with Crippen molar-refractivity contribution in [3.8, 4) is 0 Å². The van der Waals surface area contributed by atoms with Gasteiger partial charge in [-0.25, -0.2) is 4.79 Å². The molecule has 6 rings (SSSR count). The SMILES string of the molecule is CC(=O)O[C@@H]1CC[C@@H](CN(Cc2ccccc2)C(=O)OCc2ccccc2)O[C@@H]1O[C@H]1[C@H](O[C@@H]2O[C@H](CO)[C@@H](O[C@H]3O[C@@H](CN=[N+]=[N-])[C@@H](O)[C@H](O)[C@H]3C)[C@H]2O)[C@@H](O)[C@H](N=[N+]=[N-])C[C@@H]1N=[N+]=[N-]. The Morgan fingerprint density at radius 2 is 1.38 bits per heavy atom. The third-order valence-corrected chi connectivity index (χ3v) is 11.8. The minimum Gasteiger partial charge on any atom is -0.457 e. The molecule has 0 bridgehead atoms. The third kappa shape index (κ3) is 12.6. The van der Waals surface area contributed by atoms with Crippen molar-refractivity contribution >= 4 is 12.1 Å². The number of ether oxygens (including phenoxy) is 8. The zero-order chi connectivity index (χ0) is 47.3. The molecule has 3 aliphatic heterocycles. The van der Waals surface area contributed by atoms with Crippen LogP contribution in [0.1, 0.15) is 44.2 Å². The van der Waals surface area contributed by atoms with Crippen molar-refractivity contribution in [3.63, 3.8) is 0 Å². The van der Waals surface area contributed by atoms with Gasteiger partial charge in [-0.3, -0.25) is 4.79 Å². The summed E-state index contributed by atoms with van der Waals surface area (Å²) < 4.78 is 48.2. The lowest BCUT2D eigenvalue weighted by Gasteiger charge is -2.46. The fourth-order valence-electron chi connectivity index (χ4n) is 8.41. The number of rotatable bonds is 18. The Morgan fingerprint density at radius 3 is 2.03 bits per heavy atom. The van der Waals surface area contributed by atoms with E-state index in [9.17, 15) is 46.2 Å². The summed E-state index contributed by atoms with van der Waals surface area (Å²) in [4.78, 5) is 36.0. The van der Waals surface area contributed by atoms with E-state index in [4.69, 9.17) is 43.4 Å². The summed E-state index contributed by atoms with van der Waals surface area (Å²) >= 11 is 0. The molecule has 66 heavy (non-hydrogen) atoms. The van der Waals surface area contributed by atoms with Gasteiger partial charge in [0, 0.05) is 34.1 Å². The van der Waals surface area contributed by atoms with Gasteiger partial charge in [-0.05, 0) is 47.0 Å². The molecule has 0 aromatic heterocycles. The molecule has 25 heteroatoms. The Morgan fingerprint density at radius 1 is 0.742 bits per heavy atom. The second-order valence-corrected chi connectivity index (χ2v) is 16.3. The van der Waals surface area contributed by atoms with Crippen LogP contribution in [-0.4, -0.2) is 160 Å². The Kier molecular flexibility index (Phi) is 18.2. The van der Waals surface area contributed by atoms with Crippen LogP contribution in [0.25, 0.3) is 31.3 Å². The monoisotopic (exact) mass is 926 g/mol. The summed E-state index contributed by atoms with van der Waals surface area (Å²) in [5.74, 6) is -1.58. The molecular formula is C41H54N10O15. The molecule has 5 N–H and O–H groups in total. The maximum absolute atomic E-state index is 13.7. The summed E-state index contributed by atoms with van der Waals surface area (Å²) in [7, 11) is 0. The van der Waals surface area contributed by atoms with Crippen molar-refractivity contribution in [2.24, 2.45) is 21.3 Å². The van der Waals surface area contributed by atoms with Gasteiger partial charge in [0.2, 0.25) is 0 Å². The third-order valence-electron chi connectivity index (χ3n) is 11.8. The van der Waals surface area contributed by atoms with Crippen LogP contribution in [0, 0.1) is 5.92 Å². The van der Waals surface area contributed by atoms with Crippen LogP contribution in [0.3, 0.4) is 0 Å². The molecule has 3 heterocycles.